The topological polar surface area (TPSA) is 173 Å². The molecule has 10 nitrogen and oxygen atoms in total. The third-order valence-corrected chi connectivity index (χ3v) is 5.01. The predicted octanol–water partition coefficient (Wildman–Crippen LogP) is 1.42. The standard InChI is InChI=1S/C14H14FN5O5S2/c1-6(11(16)17)12(21)19-9-3-2-7(4-8(9)15)20(27(24)25)13-10(14(22)23)18-5-26-13/h2-6H,1H3,(H3,16,17)(H,19,21)(H,22,23)(H,24,25)/p-1. The van der Waals surface area contributed by atoms with Crippen LogP contribution in [0.2, 0.25) is 0 Å². The first-order valence-electron chi connectivity index (χ1n) is 7.14. The first-order valence-corrected chi connectivity index (χ1v) is 9.05. The smallest absolute Gasteiger partial charge is 0.357 e. The number of carbonyl (C=O) groups is 2. The highest BCUT2D eigenvalue weighted by molar-refractivity contribution is 7.81. The van der Waals surface area contributed by atoms with Crippen LogP contribution in [-0.4, -0.2) is 36.6 Å². The Bertz CT molecular complexity index is 934. The van der Waals surface area contributed by atoms with Gasteiger partial charge in [-0.15, -0.1) is 11.3 Å². The first-order chi connectivity index (χ1) is 12.6. The molecular weight excluding hydrogens is 401 g/mol. The van der Waals surface area contributed by atoms with Crippen LogP contribution in [0.3, 0.4) is 0 Å². The van der Waals surface area contributed by atoms with Crippen molar-refractivity contribution in [3.63, 3.8) is 0 Å². The highest BCUT2D eigenvalue weighted by Gasteiger charge is 2.23. The van der Waals surface area contributed by atoms with Crippen molar-refractivity contribution in [1.29, 1.82) is 5.41 Å². The lowest BCUT2D eigenvalue weighted by molar-refractivity contribution is -0.117. The number of carbonyl (C=O) groups excluding carboxylic acids is 1. The maximum absolute atomic E-state index is 14.3. The van der Waals surface area contributed by atoms with Crippen molar-refractivity contribution < 1.29 is 27.8 Å². The van der Waals surface area contributed by atoms with Gasteiger partial charge in [0, 0.05) is 6.07 Å². The molecule has 0 aliphatic rings. The number of carboxylic acids is 1. The number of thiazole rings is 1. The number of anilines is 3. The summed E-state index contributed by atoms with van der Waals surface area (Å²) in [7, 11) is 0. The van der Waals surface area contributed by atoms with Crippen LogP contribution in [-0.2, 0) is 16.1 Å². The van der Waals surface area contributed by atoms with Gasteiger partial charge in [-0.1, -0.05) is 0 Å². The van der Waals surface area contributed by atoms with Gasteiger partial charge in [0.25, 0.3) is 0 Å². The van der Waals surface area contributed by atoms with Crippen molar-refractivity contribution >= 4 is 56.7 Å². The number of rotatable bonds is 7. The molecule has 0 aliphatic carbocycles. The van der Waals surface area contributed by atoms with E-state index in [0.29, 0.717) is 4.31 Å². The maximum atomic E-state index is 14.3. The van der Waals surface area contributed by atoms with Crippen molar-refractivity contribution in [3.8, 4) is 0 Å². The van der Waals surface area contributed by atoms with Crippen LogP contribution in [0, 0.1) is 17.1 Å². The highest BCUT2D eigenvalue weighted by atomic mass is 32.2. The number of benzene rings is 1. The lowest BCUT2D eigenvalue weighted by atomic mass is 10.1. The Hall–Kier alpha value is -2.90. The fraction of sp³-hybridized carbons (Fsp3) is 0.143. The van der Waals surface area contributed by atoms with E-state index in [1.165, 1.54) is 13.0 Å². The molecule has 2 aromatic rings. The molecule has 0 fully saturated rings. The predicted molar refractivity (Wildman–Crippen MR) is 96.2 cm³/mol. The fourth-order valence-corrected chi connectivity index (χ4v) is 3.45. The number of aromatic carboxylic acids is 1. The summed E-state index contributed by atoms with van der Waals surface area (Å²) in [5, 5.41) is 18.3. The zero-order valence-electron chi connectivity index (χ0n) is 13.6. The Kier molecular flexibility index (Phi) is 6.20. The van der Waals surface area contributed by atoms with E-state index in [4.69, 9.17) is 16.2 Å². The summed E-state index contributed by atoms with van der Waals surface area (Å²) in [6.07, 6.45) is 0. The number of aromatic nitrogens is 1. The molecule has 27 heavy (non-hydrogen) atoms. The normalized spacial score (nSPS) is 12.9. The first kappa shape index (κ1) is 20.4. The lowest BCUT2D eigenvalue weighted by Gasteiger charge is -2.25. The Labute approximate surface area is 158 Å². The van der Waals surface area contributed by atoms with Gasteiger partial charge in [-0.3, -0.25) is 18.7 Å². The number of nitrogens with zero attached hydrogens (tertiary/aromatic N) is 2. The van der Waals surface area contributed by atoms with Crippen LogP contribution in [0.15, 0.2) is 23.7 Å². The average molecular weight is 414 g/mol. The van der Waals surface area contributed by atoms with E-state index in [-0.39, 0.29) is 16.4 Å². The third kappa shape index (κ3) is 4.45. The van der Waals surface area contributed by atoms with Gasteiger partial charge in [-0.25, -0.2) is 14.2 Å². The number of amidine groups is 1. The SMILES string of the molecule is CC(C(=N)N)C(=O)Nc1ccc(N(c2scnc2C(=O)O)S(=O)[O-])cc1F. The molecule has 144 valence electrons. The Morgan fingerprint density at radius 3 is 2.70 bits per heavy atom. The second kappa shape index (κ2) is 8.20. The summed E-state index contributed by atoms with van der Waals surface area (Å²) in [5.74, 6) is -4.50. The molecule has 5 N–H and O–H groups in total. The van der Waals surface area contributed by atoms with Gasteiger partial charge < -0.3 is 20.7 Å². The summed E-state index contributed by atoms with van der Waals surface area (Å²) in [4.78, 5) is 26.6. The quantitative estimate of drug-likeness (QED) is 0.301. The summed E-state index contributed by atoms with van der Waals surface area (Å²) >= 11 is -2.21. The van der Waals surface area contributed by atoms with Crippen molar-refractivity contribution in [1.82, 2.24) is 4.98 Å². The summed E-state index contributed by atoms with van der Waals surface area (Å²) in [6.45, 7) is 1.36. The van der Waals surface area contributed by atoms with E-state index >= 15 is 0 Å². The van der Waals surface area contributed by atoms with Crippen molar-refractivity contribution in [2.24, 2.45) is 11.7 Å². The summed E-state index contributed by atoms with van der Waals surface area (Å²) in [5.41, 5.74) is 5.42. The number of hydrogen-bond donors (Lipinski definition) is 4. The lowest BCUT2D eigenvalue weighted by Crippen LogP contribution is -2.31. The fourth-order valence-electron chi connectivity index (χ4n) is 1.92. The molecule has 1 aromatic heterocycles. The number of carboxylic acid groups (broad SMARTS) is 1. The van der Waals surface area contributed by atoms with E-state index in [1.807, 2.05) is 0 Å². The number of amides is 1. The molecule has 0 radical (unpaired) electrons. The van der Waals surface area contributed by atoms with E-state index in [2.05, 4.69) is 10.3 Å². The molecule has 13 heteroatoms. The van der Waals surface area contributed by atoms with E-state index in [9.17, 15) is 22.7 Å². The van der Waals surface area contributed by atoms with E-state index < -0.39 is 46.4 Å². The Morgan fingerprint density at radius 1 is 1.52 bits per heavy atom. The Morgan fingerprint density at radius 2 is 2.19 bits per heavy atom. The molecule has 1 aromatic carbocycles. The van der Waals surface area contributed by atoms with Gasteiger partial charge in [0.15, 0.2) is 5.69 Å². The molecule has 0 bridgehead atoms. The molecule has 0 saturated heterocycles. The second-order valence-electron chi connectivity index (χ2n) is 5.15. The van der Waals surface area contributed by atoms with E-state index in [0.717, 1.165) is 29.0 Å². The largest absolute Gasteiger partial charge is 0.755 e. The van der Waals surface area contributed by atoms with Crippen LogP contribution in [0.4, 0.5) is 20.8 Å². The third-order valence-electron chi connectivity index (χ3n) is 3.39. The molecule has 1 heterocycles. The Balaban J connectivity index is 2.38. The molecule has 2 atom stereocenters. The van der Waals surface area contributed by atoms with Crippen LogP contribution in [0.5, 0.6) is 0 Å². The number of halogens is 1. The molecule has 0 spiro atoms. The number of nitrogens with two attached hydrogens (primary N) is 1. The maximum Gasteiger partial charge on any atom is 0.357 e. The molecule has 0 saturated carbocycles. The van der Waals surface area contributed by atoms with Gasteiger partial charge in [0.05, 0.1) is 34.1 Å². The van der Waals surface area contributed by atoms with Crippen molar-refractivity contribution in [2.75, 3.05) is 9.62 Å². The molecular formula is C14H13FN5O5S2-. The van der Waals surface area contributed by atoms with E-state index in [1.54, 1.807) is 0 Å². The zero-order valence-corrected chi connectivity index (χ0v) is 15.3. The minimum absolute atomic E-state index is 0.190. The summed E-state index contributed by atoms with van der Waals surface area (Å²) < 4.78 is 38.1. The van der Waals surface area contributed by atoms with Gasteiger partial charge in [-0.05, 0) is 19.1 Å². The van der Waals surface area contributed by atoms with Crippen molar-refractivity contribution in [2.45, 2.75) is 6.92 Å². The molecule has 2 rings (SSSR count). The molecule has 2 unspecified atom stereocenters. The number of nitrogens with one attached hydrogen (secondary N) is 2. The van der Waals surface area contributed by atoms with Crippen LogP contribution in [0.25, 0.3) is 0 Å². The number of hydrogen-bond acceptors (Lipinski definition) is 7. The van der Waals surface area contributed by atoms with Crippen LogP contribution in [0.1, 0.15) is 17.4 Å². The zero-order chi connectivity index (χ0) is 20.3. The van der Waals surface area contributed by atoms with Gasteiger partial charge in [-0.2, -0.15) is 0 Å². The molecule has 1 amide bonds. The summed E-state index contributed by atoms with van der Waals surface area (Å²) in [6, 6.07) is 3.10. The highest BCUT2D eigenvalue weighted by Crippen LogP contribution is 2.34. The van der Waals surface area contributed by atoms with Crippen LogP contribution >= 0.6 is 11.3 Å². The second-order valence-corrected chi connectivity index (χ2v) is 6.79. The van der Waals surface area contributed by atoms with Crippen LogP contribution < -0.4 is 15.4 Å². The van der Waals surface area contributed by atoms with Crippen molar-refractivity contribution in [3.05, 3.63) is 35.2 Å². The van der Waals surface area contributed by atoms with Gasteiger partial charge in [0.2, 0.25) is 5.91 Å². The monoisotopic (exact) mass is 414 g/mol. The minimum Gasteiger partial charge on any atom is -0.755 e. The average Bonchev–Trinajstić information content (AvgIpc) is 3.05. The van der Waals surface area contributed by atoms with Gasteiger partial charge >= 0.3 is 5.97 Å². The minimum atomic E-state index is -2.96. The molecule has 0 aliphatic heterocycles. The van der Waals surface area contributed by atoms with Gasteiger partial charge in [0.1, 0.15) is 16.7 Å².